The van der Waals surface area contributed by atoms with Gasteiger partial charge in [0.25, 0.3) is 0 Å². The van der Waals surface area contributed by atoms with Crippen molar-refractivity contribution >= 4 is 34.5 Å². The standard InChI is InChI=1S/C27H23NO4S/c1-3-32-27(30)24-25(29)23(33-26(24)28-21-13-15-22(31-2)16-14-21)17-18-9-11-20(12-10-18)19-7-5-4-6-8-19/h4-17,29H,3H2,1-2H3. The number of ether oxygens (including phenoxy) is 2. The summed E-state index contributed by atoms with van der Waals surface area (Å²) in [5.74, 6) is -0.0167. The van der Waals surface area contributed by atoms with E-state index < -0.39 is 5.97 Å². The highest BCUT2D eigenvalue weighted by atomic mass is 32.2. The zero-order chi connectivity index (χ0) is 23.2. The van der Waals surface area contributed by atoms with Gasteiger partial charge in [-0.2, -0.15) is 0 Å². The highest BCUT2D eigenvalue weighted by Crippen LogP contribution is 2.40. The summed E-state index contributed by atoms with van der Waals surface area (Å²) in [5, 5.41) is 11.3. The Balaban J connectivity index is 1.66. The molecule has 0 unspecified atom stereocenters. The first kappa shape index (κ1) is 22.4. The number of carbonyl (C=O) groups is 1. The first-order chi connectivity index (χ1) is 16.1. The van der Waals surface area contributed by atoms with E-state index in [0.717, 1.165) is 16.7 Å². The summed E-state index contributed by atoms with van der Waals surface area (Å²) in [5.41, 5.74) is 3.85. The van der Waals surface area contributed by atoms with E-state index in [1.807, 2.05) is 48.5 Å². The van der Waals surface area contributed by atoms with Crippen LogP contribution in [-0.4, -0.2) is 29.8 Å². The maximum Gasteiger partial charge on any atom is 0.344 e. The zero-order valence-corrected chi connectivity index (χ0v) is 19.1. The number of esters is 1. The second-order valence-corrected chi connectivity index (χ2v) is 8.19. The van der Waals surface area contributed by atoms with Crippen LogP contribution >= 0.6 is 11.8 Å². The number of aliphatic imine (C=N–C) groups is 1. The molecule has 0 radical (unpaired) electrons. The molecule has 3 aromatic rings. The monoisotopic (exact) mass is 457 g/mol. The Hall–Kier alpha value is -3.77. The third-order valence-electron chi connectivity index (χ3n) is 4.99. The molecule has 0 saturated carbocycles. The molecule has 0 amide bonds. The van der Waals surface area contributed by atoms with Crippen molar-refractivity contribution in [3.05, 3.63) is 101 Å². The summed E-state index contributed by atoms with van der Waals surface area (Å²) in [6.45, 7) is 1.93. The summed E-state index contributed by atoms with van der Waals surface area (Å²) in [4.78, 5) is 17.7. The van der Waals surface area contributed by atoms with Crippen LogP contribution in [0, 0.1) is 0 Å². The normalized spacial score (nSPS) is 15.8. The third-order valence-corrected chi connectivity index (χ3v) is 6.01. The predicted octanol–water partition coefficient (Wildman–Crippen LogP) is 6.56. The van der Waals surface area contributed by atoms with Crippen LogP contribution in [0.3, 0.4) is 0 Å². The average Bonchev–Trinajstić information content (AvgIpc) is 3.15. The number of aliphatic hydroxyl groups is 1. The van der Waals surface area contributed by atoms with Crippen LogP contribution in [0.15, 0.2) is 100 Å². The van der Waals surface area contributed by atoms with Crippen molar-refractivity contribution < 1.29 is 19.4 Å². The number of hydrogen-bond acceptors (Lipinski definition) is 6. The van der Waals surface area contributed by atoms with Gasteiger partial charge in [0, 0.05) is 0 Å². The number of hydrogen-bond donors (Lipinski definition) is 1. The summed E-state index contributed by atoms with van der Waals surface area (Å²) in [7, 11) is 1.59. The van der Waals surface area contributed by atoms with Gasteiger partial charge in [0.2, 0.25) is 0 Å². The van der Waals surface area contributed by atoms with E-state index >= 15 is 0 Å². The number of carbonyl (C=O) groups excluding carboxylic acids is 1. The van der Waals surface area contributed by atoms with Gasteiger partial charge in [-0.15, -0.1) is 0 Å². The van der Waals surface area contributed by atoms with Gasteiger partial charge in [-0.05, 0) is 54.0 Å². The van der Waals surface area contributed by atoms with E-state index in [9.17, 15) is 9.90 Å². The van der Waals surface area contributed by atoms with Crippen LogP contribution in [0.1, 0.15) is 12.5 Å². The molecule has 1 heterocycles. The van der Waals surface area contributed by atoms with Gasteiger partial charge in [0.1, 0.15) is 22.1 Å². The van der Waals surface area contributed by atoms with Gasteiger partial charge in [0.05, 0.1) is 24.3 Å². The number of methoxy groups -OCH3 is 1. The minimum atomic E-state index is -0.599. The van der Waals surface area contributed by atoms with Crippen LogP contribution in [-0.2, 0) is 9.53 Å². The first-order valence-electron chi connectivity index (χ1n) is 10.5. The fraction of sp³-hybridized carbons (Fsp3) is 0.111. The largest absolute Gasteiger partial charge is 0.506 e. The molecule has 0 bridgehead atoms. The first-order valence-corrected chi connectivity index (χ1v) is 11.3. The molecule has 1 aliphatic rings. The topological polar surface area (TPSA) is 68.1 Å². The zero-order valence-electron chi connectivity index (χ0n) is 18.3. The number of rotatable bonds is 6. The van der Waals surface area contributed by atoms with Crippen LogP contribution < -0.4 is 4.74 Å². The molecule has 166 valence electrons. The smallest absolute Gasteiger partial charge is 0.344 e. The van der Waals surface area contributed by atoms with Gasteiger partial charge < -0.3 is 14.6 Å². The predicted molar refractivity (Wildman–Crippen MR) is 134 cm³/mol. The Morgan fingerprint density at radius 1 is 0.970 bits per heavy atom. The fourth-order valence-electron chi connectivity index (χ4n) is 3.32. The highest BCUT2D eigenvalue weighted by Gasteiger charge is 2.33. The van der Waals surface area contributed by atoms with E-state index in [-0.39, 0.29) is 17.9 Å². The molecular formula is C27H23NO4S. The number of benzene rings is 3. The Kier molecular flexibility index (Phi) is 6.95. The maximum atomic E-state index is 12.6. The van der Waals surface area contributed by atoms with Crippen molar-refractivity contribution in [1.29, 1.82) is 0 Å². The van der Waals surface area contributed by atoms with Gasteiger partial charge in [-0.25, -0.2) is 9.79 Å². The van der Waals surface area contributed by atoms with E-state index in [4.69, 9.17) is 9.47 Å². The lowest BCUT2D eigenvalue weighted by atomic mass is 10.0. The second-order valence-electron chi connectivity index (χ2n) is 7.16. The van der Waals surface area contributed by atoms with Gasteiger partial charge in [-0.1, -0.05) is 66.4 Å². The van der Waals surface area contributed by atoms with E-state index in [1.165, 1.54) is 11.8 Å². The lowest BCUT2D eigenvalue weighted by Crippen LogP contribution is -2.12. The van der Waals surface area contributed by atoms with Crippen molar-refractivity contribution in [3.8, 4) is 16.9 Å². The van der Waals surface area contributed by atoms with Crippen molar-refractivity contribution in [2.75, 3.05) is 13.7 Å². The second kappa shape index (κ2) is 10.2. The van der Waals surface area contributed by atoms with Crippen LogP contribution in [0.25, 0.3) is 17.2 Å². The summed E-state index contributed by atoms with van der Waals surface area (Å²) in [6, 6.07) is 25.3. The molecule has 6 heteroatoms. The van der Waals surface area contributed by atoms with Gasteiger partial charge in [0.15, 0.2) is 0 Å². The van der Waals surface area contributed by atoms with E-state index in [0.29, 0.717) is 21.4 Å². The molecule has 0 aliphatic carbocycles. The summed E-state index contributed by atoms with van der Waals surface area (Å²) >= 11 is 1.24. The van der Waals surface area contributed by atoms with Gasteiger partial charge >= 0.3 is 5.97 Å². The molecule has 4 rings (SSSR count). The summed E-state index contributed by atoms with van der Waals surface area (Å²) in [6.07, 6.45) is 1.84. The lowest BCUT2D eigenvalue weighted by molar-refractivity contribution is -0.138. The number of thioether (sulfide) groups is 1. The van der Waals surface area contributed by atoms with Crippen molar-refractivity contribution in [2.24, 2.45) is 4.99 Å². The molecule has 0 saturated heterocycles. The average molecular weight is 458 g/mol. The van der Waals surface area contributed by atoms with Crippen LogP contribution in [0.4, 0.5) is 5.69 Å². The Labute approximate surface area is 197 Å². The third kappa shape index (κ3) is 5.18. The molecule has 1 aliphatic heterocycles. The molecule has 0 atom stereocenters. The Bertz CT molecular complexity index is 1230. The molecule has 33 heavy (non-hydrogen) atoms. The van der Waals surface area contributed by atoms with Crippen molar-refractivity contribution in [2.45, 2.75) is 6.92 Å². The molecule has 0 fully saturated rings. The van der Waals surface area contributed by atoms with Crippen molar-refractivity contribution in [3.63, 3.8) is 0 Å². The van der Waals surface area contributed by atoms with Gasteiger partial charge in [-0.3, -0.25) is 0 Å². The number of nitrogens with zero attached hydrogens (tertiary/aromatic N) is 1. The highest BCUT2D eigenvalue weighted by molar-refractivity contribution is 8.18. The Morgan fingerprint density at radius 2 is 1.64 bits per heavy atom. The van der Waals surface area contributed by atoms with E-state index in [1.54, 1.807) is 38.3 Å². The summed E-state index contributed by atoms with van der Waals surface area (Å²) < 4.78 is 10.3. The van der Waals surface area contributed by atoms with Crippen LogP contribution in [0.5, 0.6) is 5.75 Å². The minimum absolute atomic E-state index is 0.0739. The lowest BCUT2D eigenvalue weighted by Gasteiger charge is -2.04. The molecule has 1 N–H and O–H groups in total. The van der Waals surface area contributed by atoms with Crippen molar-refractivity contribution in [1.82, 2.24) is 0 Å². The van der Waals surface area contributed by atoms with E-state index in [2.05, 4.69) is 17.1 Å². The Morgan fingerprint density at radius 3 is 2.27 bits per heavy atom. The van der Waals surface area contributed by atoms with Crippen LogP contribution in [0.2, 0.25) is 0 Å². The SMILES string of the molecule is CCOC(=O)C1=C(O)C(=Cc2ccc(-c3ccccc3)cc2)SC1=Nc1ccc(OC)cc1. The molecule has 5 nitrogen and oxygen atoms in total. The number of aliphatic hydroxyl groups excluding tert-OH is 1. The molecular weight excluding hydrogens is 434 g/mol. The molecule has 0 spiro atoms. The quantitative estimate of drug-likeness (QED) is 0.425. The minimum Gasteiger partial charge on any atom is -0.506 e. The molecule has 0 aromatic heterocycles. The molecule has 3 aromatic carbocycles. The fourth-order valence-corrected chi connectivity index (χ4v) is 4.35. The maximum absolute atomic E-state index is 12.6.